The van der Waals surface area contributed by atoms with Gasteiger partial charge in [-0.05, 0) is 50.2 Å². The molecule has 1 unspecified atom stereocenters. The number of carbonyl (C=O) groups is 1. The Labute approximate surface area is 123 Å². The number of nitrogens with one attached hydrogen (secondary N) is 1. The van der Waals surface area contributed by atoms with Crippen molar-refractivity contribution < 1.29 is 9.90 Å². The van der Waals surface area contributed by atoms with Crippen molar-refractivity contribution in [2.75, 3.05) is 32.0 Å². The van der Waals surface area contributed by atoms with E-state index >= 15 is 0 Å². The maximum atomic E-state index is 11.2. The van der Waals surface area contributed by atoms with Gasteiger partial charge in [-0.15, -0.1) is 0 Å². The van der Waals surface area contributed by atoms with E-state index in [1.165, 1.54) is 6.42 Å². The summed E-state index contributed by atoms with van der Waals surface area (Å²) in [7, 11) is 2.14. The van der Waals surface area contributed by atoms with E-state index in [1.807, 2.05) is 18.2 Å². The first-order chi connectivity index (χ1) is 10.1. The summed E-state index contributed by atoms with van der Waals surface area (Å²) in [5.74, 6) is 0.537. The van der Waals surface area contributed by atoms with Crippen LogP contribution in [0.3, 0.4) is 0 Å². The van der Waals surface area contributed by atoms with E-state index in [2.05, 4.69) is 22.2 Å². The lowest BCUT2D eigenvalue weighted by atomic mass is 10.1. The lowest BCUT2D eigenvalue weighted by Gasteiger charge is -2.12. The maximum Gasteiger partial charge on any atom is 0.336 e. The fraction of sp³-hybridized carbons (Fsp3) is 0.375. The molecule has 5 nitrogen and oxygen atoms in total. The van der Waals surface area contributed by atoms with E-state index in [4.69, 9.17) is 0 Å². The fourth-order valence-electron chi connectivity index (χ4n) is 2.88. The van der Waals surface area contributed by atoms with Crippen molar-refractivity contribution in [3.8, 4) is 0 Å². The van der Waals surface area contributed by atoms with Gasteiger partial charge in [0.1, 0.15) is 5.82 Å². The van der Waals surface area contributed by atoms with Crippen LogP contribution >= 0.6 is 0 Å². The standard InChI is InChI=1S/C16H19N3O2/c1-19-8-7-11(10-19)9-17-15-6-5-12-13(16(20)21)3-2-4-14(12)18-15/h2-6,11H,7-10H2,1H3,(H,17,18)(H,20,21). The van der Waals surface area contributed by atoms with Gasteiger partial charge in [0.05, 0.1) is 11.1 Å². The van der Waals surface area contributed by atoms with Crippen molar-refractivity contribution in [1.29, 1.82) is 0 Å². The molecule has 0 bridgehead atoms. The molecule has 1 atom stereocenters. The summed E-state index contributed by atoms with van der Waals surface area (Å²) in [5, 5.41) is 13.2. The predicted molar refractivity (Wildman–Crippen MR) is 82.8 cm³/mol. The molecule has 0 radical (unpaired) electrons. The third-order valence-electron chi connectivity index (χ3n) is 4.02. The summed E-state index contributed by atoms with van der Waals surface area (Å²) >= 11 is 0. The molecule has 3 rings (SSSR count). The number of aromatic nitrogens is 1. The highest BCUT2D eigenvalue weighted by Crippen LogP contribution is 2.20. The fourth-order valence-corrected chi connectivity index (χ4v) is 2.88. The van der Waals surface area contributed by atoms with Crippen LogP contribution in [-0.2, 0) is 0 Å². The van der Waals surface area contributed by atoms with Crippen molar-refractivity contribution in [2.24, 2.45) is 5.92 Å². The number of hydrogen-bond acceptors (Lipinski definition) is 4. The second kappa shape index (κ2) is 5.69. The van der Waals surface area contributed by atoms with E-state index in [1.54, 1.807) is 12.1 Å². The Morgan fingerprint density at radius 3 is 3.00 bits per heavy atom. The van der Waals surface area contributed by atoms with Crippen molar-refractivity contribution in [1.82, 2.24) is 9.88 Å². The number of rotatable bonds is 4. The first-order valence-corrected chi connectivity index (χ1v) is 7.19. The van der Waals surface area contributed by atoms with Crippen molar-refractivity contribution in [3.05, 3.63) is 35.9 Å². The number of aromatic carboxylic acids is 1. The molecule has 0 saturated carbocycles. The van der Waals surface area contributed by atoms with Crippen LogP contribution in [0, 0.1) is 5.92 Å². The minimum atomic E-state index is -0.919. The average Bonchev–Trinajstić information content (AvgIpc) is 2.89. The SMILES string of the molecule is CN1CCC(CNc2ccc3c(C(=O)O)cccc3n2)C1. The zero-order chi connectivity index (χ0) is 14.8. The smallest absolute Gasteiger partial charge is 0.336 e. The predicted octanol–water partition coefficient (Wildman–Crippen LogP) is 2.30. The van der Waals surface area contributed by atoms with E-state index in [0.29, 0.717) is 22.4 Å². The van der Waals surface area contributed by atoms with Crippen LogP contribution in [-0.4, -0.2) is 47.6 Å². The Bertz CT molecular complexity index is 672. The molecule has 0 spiro atoms. The highest BCUT2D eigenvalue weighted by atomic mass is 16.4. The molecule has 1 aromatic carbocycles. The van der Waals surface area contributed by atoms with Gasteiger partial charge in [0.15, 0.2) is 0 Å². The lowest BCUT2D eigenvalue weighted by molar-refractivity contribution is 0.0699. The summed E-state index contributed by atoms with van der Waals surface area (Å²) in [4.78, 5) is 18.0. The van der Waals surface area contributed by atoms with Gasteiger partial charge in [0, 0.05) is 18.5 Å². The lowest BCUT2D eigenvalue weighted by Crippen LogP contribution is -2.19. The Balaban J connectivity index is 1.77. The normalized spacial score (nSPS) is 19.0. The number of pyridine rings is 1. The van der Waals surface area contributed by atoms with Crippen LogP contribution in [0.1, 0.15) is 16.8 Å². The largest absolute Gasteiger partial charge is 0.478 e. The molecule has 2 N–H and O–H groups in total. The third kappa shape index (κ3) is 2.97. The zero-order valence-corrected chi connectivity index (χ0v) is 12.0. The van der Waals surface area contributed by atoms with E-state index in [9.17, 15) is 9.90 Å². The minimum Gasteiger partial charge on any atom is -0.478 e. The number of carboxylic acids is 1. The topological polar surface area (TPSA) is 65.5 Å². The van der Waals surface area contributed by atoms with E-state index in [-0.39, 0.29) is 0 Å². The number of carboxylic acid groups (broad SMARTS) is 1. The van der Waals surface area contributed by atoms with Crippen molar-refractivity contribution in [3.63, 3.8) is 0 Å². The molecule has 110 valence electrons. The summed E-state index contributed by atoms with van der Waals surface area (Å²) < 4.78 is 0. The van der Waals surface area contributed by atoms with Gasteiger partial charge in [0.2, 0.25) is 0 Å². The zero-order valence-electron chi connectivity index (χ0n) is 12.0. The highest BCUT2D eigenvalue weighted by Gasteiger charge is 2.19. The molecule has 21 heavy (non-hydrogen) atoms. The number of hydrogen-bond donors (Lipinski definition) is 2. The maximum absolute atomic E-state index is 11.2. The molecule has 1 fully saturated rings. The Kier molecular flexibility index (Phi) is 3.75. The Morgan fingerprint density at radius 1 is 1.43 bits per heavy atom. The van der Waals surface area contributed by atoms with Crippen LogP contribution in [0.2, 0.25) is 0 Å². The van der Waals surface area contributed by atoms with Gasteiger partial charge in [-0.2, -0.15) is 0 Å². The summed E-state index contributed by atoms with van der Waals surface area (Å²) in [6.07, 6.45) is 1.21. The molecule has 0 amide bonds. The van der Waals surface area contributed by atoms with Crippen LogP contribution in [0.4, 0.5) is 5.82 Å². The minimum absolute atomic E-state index is 0.295. The summed E-state index contributed by atoms with van der Waals surface area (Å²) in [5.41, 5.74) is 1.01. The molecule has 2 heterocycles. The molecule has 1 aromatic heterocycles. The number of anilines is 1. The highest BCUT2D eigenvalue weighted by molar-refractivity contribution is 6.02. The second-order valence-electron chi connectivity index (χ2n) is 5.67. The van der Waals surface area contributed by atoms with Gasteiger partial charge < -0.3 is 15.3 Å². The van der Waals surface area contributed by atoms with Crippen LogP contribution in [0.25, 0.3) is 10.9 Å². The molecular weight excluding hydrogens is 266 g/mol. The van der Waals surface area contributed by atoms with E-state index in [0.717, 1.165) is 25.5 Å². The van der Waals surface area contributed by atoms with Crippen LogP contribution < -0.4 is 5.32 Å². The summed E-state index contributed by atoms with van der Waals surface area (Å²) in [6, 6.07) is 8.86. The summed E-state index contributed by atoms with van der Waals surface area (Å²) in [6.45, 7) is 3.17. The molecule has 1 aliphatic rings. The molecule has 2 aromatic rings. The van der Waals surface area contributed by atoms with Gasteiger partial charge in [-0.25, -0.2) is 9.78 Å². The van der Waals surface area contributed by atoms with Gasteiger partial charge in [0.25, 0.3) is 0 Å². The van der Waals surface area contributed by atoms with Gasteiger partial charge >= 0.3 is 5.97 Å². The number of fused-ring (bicyclic) bond motifs is 1. The molecule has 1 aliphatic heterocycles. The quantitative estimate of drug-likeness (QED) is 0.902. The first kappa shape index (κ1) is 13.8. The van der Waals surface area contributed by atoms with Gasteiger partial charge in [-0.3, -0.25) is 0 Å². The third-order valence-corrected chi connectivity index (χ3v) is 4.02. The average molecular weight is 285 g/mol. The second-order valence-corrected chi connectivity index (χ2v) is 5.67. The molecule has 0 aliphatic carbocycles. The van der Waals surface area contributed by atoms with Crippen molar-refractivity contribution >= 4 is 22.7 Å². The molecular formula is C16H19N3O2. The van der Waals surface area contributed by atoms with E-state index < -0.39 is 5.97 Å². The monoisotopic (exact) mass is 285 g/mol. The Morgan fingerprint density at radius 2 is 2.29 bits per heavy atom. The van der Waals surface area contributed by atoms with Crippen molar-refractivity contribution in [2.45, 2.75) is 6.42 Å². The number of nitrogens with zero attached hydrogens (tertiary/aromatic N) is 2. The van der Waals surface area contributed by atoms with Gasteiger partial charge in [-0.1, -0.05) is 6.07 Å². The molecule has 5 heteroatoms. The van der Waals surface area contributed by atoms with Crippen LogP contribution in [0.5, 0.6) is 0 Å². The molecule has 1 saturated heterocycles. The number of benzene rings is 1. The first-order valence-electron chi connectivity index (χ1n) is 7.19. The number of likely N-dealkylation sites (tertiary alicyclic amines) is 1. The van der Waals surface area contributed by atoms with Crippen LogP contribution in [0.15, 0.2) is 30.3 Å². The Hall–Kier alpha value is -2.14.